The van der Waals surface area contributed by atoms with Crippen LogP contribution in [0.5, 0.6) is 5.75 Å². The van der Waals surface area contributed by atoms with Gasteiger partial charge in [0, 0.05) is 18.0 Å². The quantitative estimate of drug-likeness (QED) is 0.136. The van der Waals surface area contributed by atoms with Crippen molar-refractivity contribution < 1.29 is 39.5 Å². The second-order valence-corrected chi connectivity index (χ2v) is 11.4. The molecule has 0 fully saturated rings. The first-order valence-corrected chi connectivity index (χ1v) is 14.1. The Morgan fingerprint density at radius 2 is 1.65 bits per heavy atom. The molecule has 8 nitrogen and oxygen atoms in total. The molecule has 0 aliphatic rings. The fourth-order valence-electron chi connectivity index (χ4n) is 4.26. The summed E-state index contributed by atoms with van der Waals surface area (Å²) in [6.07, 6.45) is -7.76. The first-order valence-electron chi connectivity index (χ1n) is 12.5. The van der Waals surface area contributed by atoms with Crippen LogP contribution in [-0.2, 0) is 16.0 Å². The molecule has 0 aliphatic heterocycles. The van der Waals surface area contributed by atoms with Crippen LogP contribution in [0.4, 0.5) is 32.0 Å². The molecule has 4 N–H and O–H groups in total. The summed E-state index contributed by atoms with van der Waals surface area (Å²) < 4.78 is 108. The molecule has 0 bridgehead atoms. The van der Waals surface area contributed by atoms with Crippen LogP contribution in [0.25, 0.3) is 22.5 Å². The number of imidazole rings is 1. The van der Waals surface area contributed by atoms with Gasteiger partial charge in [-0.1, -0.05) is 25.1 Å². The highest BCUT2D eigenvalue weighted by molar-refractivity contribution is 7.91. The lowest BCUT2D eigenvalue weighted by atomic mass is 10.0. The summed E-state index contributed by atoms with van der Waals surface area (Å²) in [7, 11) is -3.55. The Kier molecular flexibility index (Phi) is 8.51. The first-order chi connectivity index (χ1) is 20.0. The summed E-state index contributed by atoms with van der Waals surface area (Å²) in [4.78, 5) is 3.69. The van der Waals surface area contributed by atoms with Crippen molar-refractivity contribution in [1.29, 1.82) is 0 Å². The lowest BCUT2D eigenvalue weighted by molar-refractivity contribution is -0.274. The van der Waals surface area contributed by atoms with Crippen LogP contribution in [0.2, 0.25) is 0 Å². The Balaban J connectivity index is 1.87. The summed E-state index contributed by atoms with van der Waals surface area (Å²) in [5.41, 5.74) is 6.25. The van der Waals surface area contributed by atoms with E-state index in [0.29, 0.717) is 11.1 Å². The first kappa shape index (κ1) is 31.4. The third-order valence-corrected chi connectivity index (χ3v) is 8.11. The number of sulfone groups is 1. The number of halogens is 6. The molecule has 4 rings (SSSR count). The minimum Gasteiger partial charge on any atom is -0.406 e. The van der Waals surface area contributed by atoms with E-state index >= 15 is 0 Å². The highest BCUT2D eigenvalue weighted by atomic mass is 32.2. The number of alkyl halides is 6. The number of benzene rings is 3. The normalized spacial score (nSPS) is 12.8. The number of anilines is 1. The van der Waals surface area contributed by atoms with E-state index in [1.165, 1.54) is 54.8 Å². The second kappa shape index (κ2) is 11.6. The third kappa shape index (κ3) is 6.94. The number of hydrogen-bond donors (Lipinski definition) is 2. The van der Waals surface area contributed by atoms with Gasteiger partial charge in [0.2, 0.25) is 0 Å². The van der Waals surface area contributed by atoms with Crippen molar-refractivity contribution in [3.63, 3.8) is 0 Å². The molecule has 1 aromatic heterocycles. The largest absolute Gasteiger partial charge is 0.573 e. The van der Waals surface area contributed by atoms with Gasteiger partial charge in [0.1, 0.15) is 11.6 Å². The van der Waals surface area contributed by atoms with Gasteiger partial charge in [0.25, 0.3) is 0 Å². The Labute approximate surface area is 242 Å². The number of ether oxygens (including phenoxy) is 1. The molecule has 0 amide bonds. The third-order valence-electron chi connectivity index (χ3n) is 6.37. The molecule has 0 saturated carbocycles. The van der Waals surface area contributed by atoms with Crippen molar-refractivity contribution in [2.75, 3.05) is 10.8 Å². The molecule has 15 heteroatoms. The highest BCUT2D eigenvalue weighted by Gasteiger charge is 2.35. The Bertz CT molecular complexity index is 1760. The minimum absolute atomic E-state index is 0.0160. The SMILES string of the molecule is CCS(=O)(=O)c1cccc(-c2ccc(-n3cc(C(F)(F)F)nc3C)c(N(N)/C(=C\N)c3ccc(OC(F)(F)F)cc3)c2)c1. The van der Waals surface area contributed by atoms with E-state index in [-0.39, 0.29) is 39.1 Å². The fraction of sp³-hybridized carbons (Fsp3) is 0.179. The van der Waals surface area contributed by atoms with Crippen LogP contribution in [0.15, 0.2) is 84.0 Å². The number of hydrazine groups is 1. The molecular formula is C28H25F6N5O3S. The highest BCUT2D eigenvalue weighted by Crippen LogP contribution is 2.37. The monoisotopic (exact) mass is 625 g/mol. The van der Waals surface area contributed by atoms with Crippen molar-refractivity contribution in [3.8, 4) is 22.6 Å². The van der Waals surface area contributed by atoms with Gasteiger partial charge in [-0.2, -0.15) is 13.2 Å². The van der Waals surface area contributed by atoms with Gasteiger partial charge in [-0.25, -0.2) is 19.2 Å². The number of nitrogens with zero attached hydrogens (tertiary/aromatic N) is 3. The number of hydrogen-bond acceptors (Lipinski definition) is 7. The van der Waals surface area contributed by atoms with Crippen LogP contribution in [0, 0.1) is 6.92 Å². The molecular weight excluding hydrogens is 600 g/mol. The van der Waals surface area contributed by atoms with E-state index in [1.807, 2.05) is 0 Å². The number of aryl methyl sites for hydroxylation is 1. The zero-order chi connectivity index (χ0) is 31.7. The Morgan fingerprint density at radius 3 is 2.21 bits per heavy atom. The van der Waals surface area contributed by atoms with E-state index in [0.717, 1.165) is 29.5 Å². The Morgan fingerprint density at radius 1 is 1.00 bits per heavy atom. The summed E-state index contributed by atoms with van der Waals surface area (Å²) in [5, 5.41) is 1.05. The minimum atomic E-state index is -4.91. The van der Waals surface area contributed by atoms with E-state index in [9.17, 15) is 34.8 Å². The molecule has 43 heavy (non-hydrogen) atoms. The van der Waals surface area contributed by atoms with Crippen LogP contribution in [0.1, 0.15) is 24.0 Å². The number of nitrogens with two attached hydrogens (primary N) is 2. The standard InChI is InChI=1S/C28H25F6N5O3S/c1-3-43(40,41)22-6-4-5-19(13-22)20-9-12-23(38-16-26(27(29,30)31)37-17(38)2)24(14-20)39(36)25(15-35)18-7-10-21(11-8-18)42-28(32,33)34/h4-16H,3,35-36H2,1-2H3/b25-15-. The van der Waals surface area contributed by atoms with Crippen LogP contribution < -0.4 is 21.3 Å². The predicted octanol–water partition coefficient (Wildman–Crippen LogP) is 6.20. The van der Waals surface area contributed by atoms with Gasteiger partial charge in [-0.15, -0.1) is 13.2 Å². The summed E-state index contributed by atoms with van der Waals surface area (Å²) in [6.45, 7) is 2.87. The molecule has 0 atom stereocenters. The smallest absolute Gasteiger partial charge is 0.406 e. The molecule has 0 saturated heterocycles. The zero-order valence-electron chi connectivity index (χ0n) is 22.6. The topological polar surface area (TPSA) is 116 Å². The van der Waals surface area contributed by atoms with E-state index in [1.54, 1.807) is 18.2 Å². The van der Waals surface area contributed by atoms with Gasteiger partial charge in [-0.3, -0.25) is 5.01 Å². The number of aromatic nitrogens is 2. The van der Waals surface area contributed by atoms with Gasteiger partial charge in [0.05, 0.1) is 27.7 Å². The second-order valence-electron chi connectivity index (χ2n) is 9.17. The van der Waals surface area contributed by atoms with Crippen molar-refractivity contribution in [3.05, 3.63) is 96.2 Å². The molecule has 0 aliphatic carbocycles. The lowest BCUT2D eigenvalue weighted by Crippen LogP contribution is -2.31. The van der Waals surface area contributed by atoms with Crippen molar-refractivity contribution >= 4 is 21.2 Å². The van der Waals surface area contributed by atoms with Gasteiger partial charge in [0.15, 0.2) is 15.5 Å². The summed E-state index contributed by atoms with van der Waals surface area (Å²) in [5.74, 6) is 5.86. The maximum Gasteiger partial charge on any atom is 0.573 e. The fourth-order valence-corrected chi connectivity index (χ4v) is 5.19. The van der Waals surface area contributed by atoms with Crippen LogP contribution in [0.3, 0.4) is 0 Å². The average molecular weight is 626 g/mol. The van der Waals surface area contributed by atoms with E-state index in [4.69, 9.17) is 11.6 Å². The van der Waals surface area contributed by atoms with Crippen LogP contribution >= 0.6 is 0 Å². The molecule has 4 aromatic rings. The molecule has 0 spiro atoms. The molecule has 3 aromatic carbocycles. The van der Waals surface area contributed by atoms with E-state index in [2.05, 4.69) is 9.72 Å². The molecule has 0 unspecified atom stereocenters. The lowest BCUT2D eigenvalue weighted by Gasteiger charge is -2.26. The number of rotatable bonds is 8. The summed E-state index contributed by atoms with van der Waals surface area (Å²) in [6, 6.07) is 15.3. The van der Waals surface area contributed by atoms with Crippen molar-refractivity contribution in [2.24, 2.45) is 11.6 Å². The summed E-state index contributed by atoms with van der Waals surface area (Å²) >= 11 is 0. The van der Waals surface area contributed by atoms with Gasteiger partial charge in [-0.05, 0) is 66.6 Å². The van der Waals surface area contributed by atoms with E-state index < -0.39 is 33.8 Å². The van der Waals surface area contributed by atoms with Gasteiger partial charge < -0.3 is 15.0 Å². The molecule has 0 radical (unpaired) electrons. The predicted molar refractivity (Wildman–Crippen MR) is 148 cm³/mol. The van der Waals surface area contributed by atoms with Crippen molar-refractivity contribution in [1.82, 2.24) is 9.55 Å². The maximum absolute atomic E-state index is 13.5. The average Bonchev–Trinajstić information content (AvgIpc) is 3.35. The Hall–Kier alpha value is -4.50. The van der Waals surface area contributed by atoms with Crippen molar-refractivity contribution in [2.45, 2.75) is 31.3 Å². The maximum atomic E-state index is 13.5. The van der Waals surface area contributed by atoms with Gasteiger partial charge >= 0.3 is 12.5 Å². The van der Waals surface area contributed by atoms with Crippen LogP contribution in [-0.4, -0.2) is 30.1 Å². The zero-order valence-corrected chi connectivity index (χ0v) is 23.4. The molecule has 228 valence electrons. The molecule has 1 heterocycles.